The van der Waals surface area contributed by atoms with Gasteiger partial charge in [0.1, 0.15) is 22.5 Å². The average Bonchev–Trinajstić information content (AvgIpc) is 3.37. The van der Waals surface area contributed by atoms with Crippen molar-refractivity contribution in [3.63, 3.8) is 0 Å². The minimum atomic E-state index is -0.391. The number of rotatable bonds is 4. The summed E-state index contributed by atoms with van der Waals surface area (Å²) >= 11 is 1.47. The van der Waals surface area contributed by atoms with E-state index in [0.29, 0.717) is 28.1 Å². The Balaban J connectivity index is 1.68. The van der Waals surface area contributed by atoms with Crippen LogP contribution in [0.1, 0.15) is 18.5 Å². The van der Waals surface area contributed by atoms with Crippen molar-refractivity contribution in [1.82, 2.24) is 24.3 Å². The molecule has 1 unspecified atom stereocenters. The number of pyridine rings is 1. The van der Waals surface area contributed by atoms with E-state index in [1.165, 1.54) is 29.8 Å². The van der Waals surface area contributed by atoms with Gasteiger partial charge in [0.25, 0.3) is 5.56 Å². The minimum absolute atomic E-state index is 0.189. The van der Waals surface area contributed by atoms with Gasteiger partial charge in [-0.2, -0.15) is 0 Å². The summed E-state index contributed by atoms with van der Waals surface area (Å²) in [5.41, 5.74) is 2.78. The Morgan fingerprint density at radius 2 is 2.14 bits per heavy atom. The van der Waals surface area contributed by atoms with Gasteiger partial charge in [0.2, 0.25) is 0 Å². The van der Waals surface area contributed by atoms with Crippen LogP contribution in [0.5, 0.6) is 0 Å². The van der Waals surface area contributed by atoms with E-state index in [-0.39, 0.29) is 11.6 Å². The molecule has 0 amide bonds. The van der Waals surface area contributed by atoms with Crippen molar-refractivity contribution in [2.75, 3.05) is 5.32 Å². The molecule has 0 bridgehead atoms. The number of hydrogen-bond donors (Lipinski definition) is 2. The quantitative estimate of drug-likeness (QED) is 0.471. The summed E-state index contributed by atoms with van der Waals surface area (Å²) in [5.74, 6) is 0.165. The lowest BCUT2D eigenvalue weighted by molar-refractivity contribution is 0.628. The highest BCUT2D eigenvalue weighted by Gasteiger charge is 2.20. The predicted molar refractivity (Wildman–Crippen MR) is 111 cm³/mol. The molecule has 0 aliphatic carbocycles. The highest BCUT2D eigenvalue weighted by atomic mass is 32.1. The number of benzene rings is 1. The van der Waals surface area contributed by atoms with Crippen molar-refractivity contribution in [2.45, 2.75) is 13.0 Å². The number of nitrogens with one attached hydrogen (secondary N) is 2. The van der Waals surface area contributed by atoms with E-state index in [9.17, 15) is 9.18 Å². The predicted octanol–water partition coefficient (Wildman–Crippen LogP) is 4.01. The Morgan fingerprint density at radius 3 is 3.00 bits per heavy atom. The number of aromatic nitrogens is 5. The molecule has 29 heavy (non-hydrogen) atoms. The summed E-state index contributed by atoms with van der Waals surface area (Å²) in [7, 11) is 0. The van der Waals surface area contributed by atoms with E-state index in [1.807, 2.05) is 18.4 Å². The first-order chi connectivity index (χ1) is 14.1. The first-order valence-electron chi connectivity index (χ1n) is 8.91. The Bertz CT molecular complexity index is 1410. The normalized spacial score (nSPS) is 12.5. The summed E-state index contributed by atoms with van der Waals surface area (Å²) in [6, 6.07) is 7.75. The van der Waals surface area contributed by atoms with E-state index in [1.54, 1.807) is 29.1 Å². The summed E-state index contributed by atoms with van der Waals surface area (Å²) < 4.78 is 15.5. The number of thiazole rings is 1. The second-order valence-electron chi connectivity index (χ2n) is 6.59. The molecule has 7 nitrogen and oxygen atoms in total. The Morgan fingerprint density at radius 1 is 1.24 bits per heavy atom. The third kappa shape index (κ3) is 2.95. The summed E-state index contributed by atoms with van der Waals surface area (Å²) in [4.78, 5) is 29.7. The molecular weight excluding hydrogens is 391 g/mol. The molecule has 0 fully saturated rings. The van der Waals surface area contributed by atoms with E-state index in [2.05, 4.69) is 25.3 Å². The van der Waals surface area contributed by atoms with Gasteiger partial charge in [0.15, 0.2) is 11.5 Å². The van der Waals surface area contributed by atoms with Gasteiger partial charge in [-0.1, -0.05) is 12.1 Å². The smallest absolute Gasteiger partial charge is 0.263 e. The number of fused-ring (bicyclic) bond motifs is 2. The summed E-state index contributed by atoms with van der Waals surface area (Å²) in [6.07, 6.45) is 4.72. The maximum Gasteiger partial charge on any atom is 0.263 e. The second kappa shape index (κ2) is 6.78. The van der Waals surface area contributed by atoms with Gasteiger partial charge in [-0.25, -0.2) is 19.3 Å². The molecule has 4 aromatic heterocycles. The minimum Gasteiger partial charge on any atom is -0.362 e. The molecule has 2 N–H and O–H groups in total. The maximum atomic E-state index is 13.9. The first-order valence-corrected chi connectivity index (χ1v) is 9.79. The molecule has 5 aromatic rings. The fourth-order valence-corrected chi connectivity index (χ4v) is 4.21. The number of halogens is 1. The lowest BCUT2D eigenvalue weighted by Crippen LogP contribution is -2.20. The third-order valence-corrected chi connectivity index (χ3v) is 5.60. The molecule has 4 heterocycles. The monoisotopic (exact) mass is 406 g/mol. The highest BCUT2D eigenvalue weighted by molar-refractivity contribution is 7.15. The van der Waals surface area contributed by atoms with Gasteiger partial charge in [-0.15, -0.1) is 11.3 Å². The molecule has 0 saturated heterocycles. The van der Waals surface area contributed by atoms with Crippen molar-refractivity contribution in [3.8, 4) is 11.1 Å². The van der Waals surface area contributed by atoms with Crippen molar-refractivity contribution in [3.05, 3.63) is 76.3 Å². The summed E-state index contributed by atoms with van der Waals surface area (Å²) in [6.45, 7) is 1.93. The second-order valence-corrected chi connectivity index (χ2v) is 7.52. The van der Waals surface area contributed by atoms with Crippen molar-refractivity contribution >= 4 is 33.1 Å². The van der Waals surface area contributed by atoms with Crippen LogP contribution in [0.2, 0.25) is 0 Å². The van der Waals surface area contributed by atoms with E-state index < -0.39 is 5.82 Å². The van der Waals surface area contributed by atoms with E-state index >= 15 is 0 Å². The van der Waals surface area contributed by atoms with Crippen LogP contribution in [0.3, 0.4) is 0 Å². The molecule has 0 aliphatic rings. The molecule has 5 rings (SSSR count). The number of aromatic amines is 1. The molecule has 1 atom stereocenters. The van der Waals surface area contributed by atoms with Crippen LogP contribution < -0.4 is 10.9 Å². The van der Waals surface area contributed by atoms with E-state index in [0.717, 1.165) is 10.4 Å². The Kier molecular flexibility index (Phi) is 4.09. The van der Waals surface area contributed by atoms with Gasteiger partial charge < -0.3 is 10.3 Å². The molecule has 144 valence electrons. The molecule has 9 heteroatoms. The van der Waals surface area contributed by atoms with Crippen LogP contribution in [-0.4, -0.2) is 24.3 Å². The van der Waals surface area contributed by atoms with Crippen LogP contribution in [0, 0.1) is 5.82 Å². The van der Waals surface area contributed by atoms with Crippen LogP contribution in [0.15, 0.2) is 59.4 Å². The SMILES string of the molecule is CC(Nc1ncnc2[nH]cnc12)c1cc2sccn2c(=O)c1-c1cccc(F)c1. The standard InChI is InChI=1S/C20H15FN6OS/c1-11(26-19-17-18(23-9-22-17)24-10-25-19)14-8-15-27(5-6-29-15)20(28)16(14)12-3-2-4-13(21)7-12/h2-11H,1H3,(H2,22,23,24,25,26). The van der Waals surface area contributed by atoms with Crippen molar-refractivity contribution < 1.29 is 4.39 Å². The summed E-state index contributed by atoms with van der Waals surface area (Å²) in [5, 5.41) is 5.18. The number of H-pyrrole nitrogens is 1. The third-order valence-electron chi connectivity index (χ3n) is 4.79. The Hall–Kier alpha value is -3.59. The van der Waals surface area contributed by atoms with Gasteiger partial charge in [-0.3, -0.25) is 9.20 Å². The molecule has 0 radical (unpaired) electrons. The van der Waals surface area contributed by atoms with Crippen molar-refractivity contribution in [1.29, 1.82) is 0 Å². The van der Waals surface area contributed by atoms with E-state index in [4.69, 9.17) is 0 Å². The fourth-order valence-electron chi connectivity index (χ4n) is 3.44. The zero-order chi connectivity index (χ0) is 20.0. The molecule has 0 saturated carbocycles. The largest absolute Gasteiger partial charge is 0.362 e. The Labute approximate surface area is 167 Å². The lowest BCUT2D eigenvalue weighted by Gasteiger charge is -2.19. The number of anilines is 1. The molecule has 1 aromatic carbocycles. The van der Waals surface area contributed by atoms with Crippen molar-refractivity contribution in [2.24, 2.45) is 0 Å². The van der Waals surface area contributed by atoms with Gasteiger partial charge in [-0.05, 0) is 36.2 Å². The van der Waals surface area contributed by atoms with Gasteiger partial charge >= 0.3 is 0 Å². The molecule has 0 aliphatic heterocycles. The topological polar surface area (TPSA) is 88.0 Å². The van der Waals surface area contributed by atoms with Gasteiger partial charge in [0, 0.05) is 11.6 Å². The molecular formula is C20H15FN6OS. The van der Waals surface area contributed by atoms with Crippen LogP contribution >= 0.6 is 11.3 Å². The highest BCUT2D eigenvalue weighted by Crippen LogP contribution is 2.31. The lowest BCUT2D eigenvalue weighted by atomic mass is 9.97. The average molecular weight is 406 g/mol. The van der Waals surface area contributed by atoms with Crippen LogP contribution in [0.4, 0.5) is 10.2 Å². The maximum absolute atomic E-state index is 13.9. The van der Waals surface area contributed by atoms with Crippen LogP contribution in [-0.2, 0) is 0 Å². The zero-order valence-corrected chi connectivity index (χ0v) is 16.1. The van der Waals surface area contributed by atoms with Gasteiger partial charge in [0.05, 0.1) is 17.9 Å². The zero-order valence-electron chi connectivity index (χ0n) is 15.3. The first kappa shape index (κ1) is 17.5. The fraction of sp³-hybridized carbons (Fsp3) is 0.100. The number of nitrogens with zero attached hydrogens (tertiary/aromatic N) is 4. The number of imidazole rings is 1. The van der Waals surface area contributed by atoms with Crippen LogP contribution in [0.25, 0.3) is 27.1 Å². The number of hydrogen-bond acceptors (Lipinski definition) is 6. The molecule has 0 spiro atoms.